The average molecular weight is 420 g/mol. The van der Waals surface area contributed by atoms with Crippen molar-refractivity contribution in [3.63, 3.8) is 0 Å². The van der Waals surface area contributed by atoms with Crippen LogP contribution >= 0.6 is 15.9 Å². The number of halogens is 1. The van der Waals surface area contributed by atoms with Crippen LogP contribution in [0.5, 0.6) is 0 Å². The lowest BCUT2D eigenvalue weighted by Crippen LogP contribution is -2.11. The summed E-state index contributed by atoms with van der Waals surface area (Å²) in [6.45, 7) is 1.72. The average Bonchev–Trinajstić information content (AvgIpc) is 2.99. The monoisotopic (exact) mass is 419 g/mol. The third-order valence-electron chi connectivity index (χ3n) is 3.93. The molecule has 0 amide bonds. The van der Waals surface area contributed by atoms with E-state index >= 15 is 0 Å². The van der Waals surface area contributed by atoms with E-state index in [2.05, 4.69) is 15.9 Å². The molecule has 3 heterocycles. The molecule has 0 aliphatic carbocycles. The first-order valence-electron chi connectivity index (χ1n) is 7.51. The van der Waals surface area contributed by atoms with Crippen LogP contribution in [-0.4, -0.2) is 30.6 Å². The molecule has 26 heavy (non-hydrogen) atoms. The predicted molar refractivity (Wildman–Crippen MR) is 96.5 cm³/mol. The fourth-order valence-electron chi connectivity index (χ4n) is 2.77. The maximum absolute atomic E-state index is 12.5. The predicted octanol–water partition coefficient (Wildman–Crippen LogP) is 3.20. The number of aryl methyl sites for hydroxylation is 1. The van der Waals surface area contributed by atoms with Crippen LogP contribution in [0, 0.1) is 6.92 Å². The second-order valence-electron chi connectivity index (χ2n) is 5.43. The number of rotatable bonds is 3. The van der Waals surface area contributed by atoms with Crippen molar-refractivity contribution in [2.75, 3.05) is 14.2 Å². The topological polar surface area (TPSA) is 87.2 Å². The highest BCUT2D eigenvalue weighted by Crippen LogP contribution is 2.33. The third kappa shape index (κ3) is 2.72. The van der Waals surface area contributed by atoms with Crippen LogP contribution in [0.3, 0.4) is 0 Å². The minimum atomic E-state index is -0.743. The number of carbonyl (C=O) groups excluding carboxylic acids is 2. The number of pyridine rings is 1. The van der Waals surface area contributed by atoms with E-state index in [-0.39, 0.29) is 27.1 Å². The van der Waals surface area contributed by atoms with E-state index in [1.165, 1.54) is 14.2 Å². The maximum atomic E-state index is 12.5. The second kappa shape index (κ2) is 6.80. The molecule has 0 saturated carbocycles. The van der Waals surface area contributed by atoms with Crippen LogP contribution in [0.1, 0.15) is 26.3 Å². The molecule has 0 aliphatic rings. The molecule has 7 nitrogen and oxygen atoms in total. The van der Waals surface area contributed by atoms with Crippen molar-refractivity contribution in [1.29, 1.82) is 0 Å². The number of ether oxygens (including phenoxy) is 2. The second-order valence-corrected chi connectivity index (χ2v) is 6.23. The molecule has 3 aromatic heterocycles. The normalized spacial score (nSPS) is 10.8. The molecule has 0 spiro atoms. The van der Waals surface area contributed by atoms with Gasteiger partial charge < -0.3 is 18.3 Å². The molecule has 0 bridgehead atoms. The lowest BCUT2D eigenvalue weighted by Gasteiger charge is -2.07. The Morgan fingerprint density at radius 2 is 1.77 bits per heavy atom. The Hall–Kier alpha value is -2.87. The van der Waals surface area contributed by atoms with Crippen LogP contribution in [0.2, 0.25) is 0 Å². The quantitative estimate of drug-likeness (QED) is 0.605. The van der Waals surface area contributed by atoms with Gasteiger partial charge in [0.25, 0.3) is 0 Å². The summed E-state index contributed by atoms with van der Waals surface area (Å²) in [6, 6.07) is 6.71. The van der Waals surface area contributed by atoms with E-state index < -0.39 is 17.6 Å². The first-order chi connectivity index (χ1) is 12.4. The summed E-state index contributed by atoms with van der Waals surface area (Å²) >= 11 is 3.16. The lowest BCUT2D eigenvalue weighted by molar-refractivity contribution is 0.0558. The third-order valence-corrected chi connectivity index (χ3v) is 4.88. The molecule has 0 radical (unpaired) electrons. The van der Waals surface area contributed by atoms with E-state index in [1.54, 1.807) is 41.8 Å². The van der Waals surface area contributed by atoms with E-state index in [9.17, 15) is 14.4 Å². The number of methoxy groups -OCH3 is 2. The highest BCUT2D eigenvalue weighted by Gasteiger charge is 2.31. The summed E-state index contributed by atoms with van der Waals surface area (Å²) in [4.78, 5) is 36.9. The molecule has 0 saturated heterocycles. The van der Waals surface area contributed by atoms with Gasteiger partial charge in [-0.2, -0.15) is 0 Å². The Bertz CT molecular complexity index is 1090. The summed E-state index contributed by atoms with van der Waals surface area (Å²) < 4.78 is 16.9. The number of aromatic nitrogens is 1. The van der Waals surface area contributed by atoms with Gasteiger partial charge in [0.05, 0.1) is 19.7 Å². The largest absolute Gasteiger partial charge is 0.465 e. The number of carbonyl (C=O) groups is 2. The number of hydrogen-bond acceptors (Lipinski definition) is 6. The van der Waals surface area contributed by atoms with Crippen molar-refractivity contribution in [3.05, 3.63) is 62.0 Å². The van der Waals surface area contributed by atoms with Crippen molar-refractivity contribution in [3.8, 4) is 11.5 Å². The summed E-state index contributed by atoms with van der Waals surface area (Å²) in [6.07, 6.45) is 1.65. The minimum absolute atomic E-state index is 0.0320. The van der Waals surface area contributed by atoms with Gasteiger partial charge in [0, 0.05) is 6.20 Å². The maximum Gasteiger partial charge on any atom is 0.350 e. The van der Waals surface area contributed by atoms with Gasteiger partial charge in [-0.3, -0.25) is 0 Å². The van der Waals surface area contributed by atoms with E-state index in [0.717, 1.165) is 0 Å². The van der Waals surface area contributed by atoms with Gasteiger partial charge in [0.15, 0.2) is 5.76 Å². The molecule has 0 aliphatic heterocycles. The fourth-order valence-corrected chi connectivity index (χ4v) is 2.97. The van der Waals surface area contributed by atoms with Gasteiger partial charge in [0.2, 0.25) is 0 Å². The Balaban J connectivity index is 2.51. The molecule has 134 valence electrons. The molecule has 0 unspecified atom stereocenters. The Kier molecular flexibility index (Phi) is 4.69. The van der Waals surface area contributed by atoms with Gasteiger partial charge in [-0.15, -0.1) is 0 Å². The molecular weight excluding hydrogens is 406 g/mol. The molecule has 3 rings (SSSR count). The Morgan fingerprint density at radius 3 is 2.38 bits per heavy atom. The SMILES string of the molecule is COC(=O)c1c(C(=O)OC)c2ccccn2c1-c1cc(C)c(Br)c(=O)o1. The Labute approximate surface area is 156 Å². The van der Waals surface area contributed by atoms with Crippen molar-refractivity contribution in [2.45, 2.75) is 6.92 Å². The van der Waals surface area contributed by atoms with Crippen LogP contribution in [-0.2, 0) is 9.47 Å². The zero-order valence-electron chi connectivity index (χ0n) is 14.2. The zero-order valence-corrected chi connectivity index (χ0v) is 15.7. The number of fused-ring (bicyclic) bond motifs is 1. The summed E-state index contributed by atoms with van der Waals surface area (Å²) in [5, 5.41) is 0. The van der Waals surface area contributed by atoms with Gasteiger partial charge >= 0.3 is 17.6 Å². The van der Waals surface area contributed by atoms with Gasteiger partial charge in [-0.1, -0.05) is 6.07 Å². The molecule has 0 fully saturated rings. The number of hydrogen-bond donors (Lipinski definition) is 0. The highest BCUT2D eigenvalue weighted by molar-refractivity contribution is 9.10. The molecular formula is C18H14BrNO6. The smallest absolute Gasteiger partial charge is 0.350 e. The number of nitrogens with zero attached hydrogens (tertiary/aromatic N) is 1. The van der Waals surface area contributed by atoms with E-state index in [1.807, 2.05) is 0 Å². The van der Waals surface area contributed by atoms with Gasteiger partial charge in [-0.25, -0.2) is 14.4 Å². The fraction of sp³-hybridized carbons (Fsp3) is 0.167. The first-order valence-corrected chi connectivity index (χ1v) is 8.30. The molecule has 8 heteroatoms. The summed E-state index contributed by atoms with van der Waals surface area (Å²) in [5.41, 5.74) is 0.700. The summed E-state index contributed by atoms with van der Waals surface area (Å²) in [7, 11) is 2.43. The van der Waals surface area contributed by atoms with Crippen molar-refractivity contribution >= 4 is 33.4 Å². The summed E-state index contributed by atoms with van der Waals surface area (Å²) in [5.74, 6) is -1.31. The van der Waals surface area contributed by atoms with Crippen LogP contribution in [0.25, 0.3) is 17.0 Å². The van der Waals surface area contributed by atoms with Crippen LogP contribution in [0.4, 0.5) is 0 Å². The van der Waals surface area contributed by atoms with Gasteiger partial charge in [0.1, 0.15) is 21.3 Å². The van der Waals surface area contributed by atoms with E-state index in [4.69, 9.17) is 13.9 Å². The Morgan fingerprint density at radius 1 is 1.12 bits per heavy atom. The molecule has 0 aromatic carbocycles. The molecule has 0 N–H and O–H groups in total. The van der Waals surface area contributed by atoms with Crippen LogP contribution < -0.4 is 5.63 Å². The first kappa shape index (κ1) is 17.9. The van der Waals surface area contributed by atoms with Crippen LogP contribution in [0.15, 0.2) is 44.1 Å². The van der Waals surface area contributed by atoms with E-state index in [0.29, 0.717) is 11.1 Å². The molecule has 0 atom stereocenters. The van der Waals surface area contributed by atoms with Gasteiger partial charge in [-0.05, 0) is 46.6 Å². The van der Waals surface area contributed by atoms with Crippen molar-refractivity contribution in [2.24, 2.45) is 0 Å². The van der Waals surface area contributed by atoms with Crippen molar-refractivity contribution in [1.82, 2.24) is 4.40 Å². The lowest BCUT2D eigenvalue weighted by atomic mass is 10.1. The zero-order chi connectivity index (χ0) is 19.0. The molecule has 3 aromatic rings. The highest BCUT2D eigenvalue weighted by atomic mass is 79.9. The standard InChI is InChI=1S/C18H14BrNO6/c1-9-8-11(26-18(23)14(9)19)15-13(17(22)25-3)12(16(21)24-2)10-6-4-5-7-20(10)15/h4-8H,1-3H3. The van der Waals surface area contributed by atoms with Crippen molar-refractivity contribution < 1.29 is 23.5 Å². The number of esters is 2. The minimum Gasteiger partial charge on any atom is -0.465 e.